The zero-order valence-electron chi connectivity index (χ0n) is 19.0. The molecule has 1 fully saturated rings. The predicted molar refractivity (Wildman–Crippen MR) is 132 cm³/mol. The molecule has 0 radical (unpaired) electrons. The van der Waals surface area contributed by atoms with E-state index in [0.29, 0.717) is 10.6 Å². The second-order valence-electron chi connectivity index (χ2n) is 9.01. The third-order valence-electron chi connectivity index (χ3n) is 6.74. The van der Waals surface area contributed by atoms with Crippen LogP contribution in [0.25, 0.3) is 10.2 Å². The molecule has 9 heteroatoms. The molecule has 3 atom stereocenters. The number of aryl methyl sites for hydroxylation is 2. The molecule has 2 aliphatic rings. The third kappa shape index (κ3) is 4.28. The first-order valence-electron chi connectivity index (χ1n) is 11.4. The van der Waals surface area contributed by atoms with Gasteiger partial charge in [0.1, 0.15) is 15.5 Å². The average Bonchev–Trinajstić information content (AvgIpc) is 3.14. The number of aromatic nitrogens is 2. The van der Waals surface area contributed by atoms with Gasteiger partial charge in [-0.15, -0.1) is 11.3 Å². The van der Waals surface area contributed by atoms with Crippen molar-refractivity contribution < 1.29 is 9.53 Å². The summed E-state index contributed by atoms with van der Waals surface area (Å²) in [7, 11) is 1.72. The highest BCUT2D eigenvalue weighted by atomic mass is 32.1. The Morgan fingerprint density at radius 2 is 2.09 bits per heavy atom. The molecule has 33 heavy (non-hydrogen) atoms. The van der Waals surface area contributed by atoms with Crippen LogP contribution in [0.2, 0.25) is 0 Å². The minimum absolute atomic E-state index is 0.0124. The van der Waals surface area contributed by atoms with E-state index < -0.39 is 0 Å². The number of carbonyl (C=O) groups is 1. The summed E-state index contributed by atoms with van der Waals surface area (Å²) < 4.78 is 5.47. The minimum atomic E-state index is -0.124. The van der Waals surface area contributed by atoms with Crippen LogP contribution in [-0.4, -0.2) is 54.3 Å². The van der Waals surface area contributed by atoms with Gasteiger partial charge in [0, 0.05) is 49.1 Å². The fourth-order valence-corrected chi connectivity index (χ4v) is 5.91. The Bertz CT molecular complexity index is 1200. The van der Waals surface area contributed by atoms with Crippen LogP contribution in [0, 0.1) is 6.92 Å². The van der Waals surface area contributed by atoms with Crippen LogP contribution >= 0.6 is 11.3 Å². The first-order chi connectivity index (χ1) is 15.9. The molecule has 1 aliphatic heterocycles. The van der Waals surface area contributed by atoms with Gasteiger partial charge in [-0.2, -0.15) is 0 Å². The Balaban J connectivity index is 1.26. The van der Waals surface area contributed by atoms with Gasteiger partial charge in [-0.1, -0.05) is 6.07 Å². The number of methoxy groups -OCH3 is 1. The van der Waals surface area contributed by atoms with E-state index in [0.717, 1.165) is 66.2 Å². The number of thiophene rings is 1. The van der Waals surface area contributed by atoms with E-state index in [1.165, 1.54) is 16.9 Å². The quantitative estimate of drug-likeness (QED) is 0.540. The Morgan fingerprint density at radius 1 is 1.24 bits per heavy atom. The van der Waals surface area contributed by atoms with Crippen molar-refractivity contribution in [3.63, 3.8) is 0 Å². The summed E-state index contributed by atoms with van der Waals surface area (Å²) in [5.74, 6) is 0.850. The smallest absolute Gasteiger partial charge is 0.263 e. The van der Waals surface area contributed by atoms with Crippen LogP contribution in [0.5, 0.6) is 0 Å². The number of piperidine rings is 1. The summed E-state index contributed by atoms with van der Waals surface area (Å²) in [4.78, 5) is 26.0. The van der Waals surface area contributed by atoms with E-state index in [2.05, 4.69) is 27.3 Å². The molecule has 3 aromatic heterocycles. The molecular weight excluding hydrogens is 436 g/mol. The van der Waals surface area contributed by atoms with Crippen LogP contribution in [0.1, 0.15) is 39.5 Å². The number of nitrogen functional groups attached to an aromatic ring is 1. The number of fused-ring (bicyclic) bond motifs is 2. The number of nitrogens with two attached hydrogens (primary N) is 2. The Kier molecular flexibility index (Phi) is 5.94. The van der Waals surface area contributed by atoms with Gasteiger partial charge < -0.3 is 26.4 Å². The normalized spacial score (nSPS) is 22.9. The van der Waals surface area contributed by atoms with Gasteiger partial charge in [0.25, 0.3) is 5.91 Å². The van der Waals surface area contributed by atoms with Gasteiger partial charge in [0.15, 0.2) is 0 Å². The highest BCUT2D eigenvalue weighted by Gasteiger charge is 2.29. The van der Waals surface area contributed by atoms with Gasteiger partial charge in [-0.3, -0.25) is 4.79 Å². The van der Waals surface area contributed by atoms with Gasteiger partial charge >= 0.3 is 0 Å². The van der Waals surface area contributed by atoms with Crippen molar-refractivity contribution in [3.05, 3.63) is 46.1 Å². The number of rotatable bonds is 4. The number of anilines is 2. The second-order valence-corrected chi connectivity index (χ2v) is 10.0. The Labute approximate surface area is 197 Å². The molecule has 1 aliphatic carbocycles. The number of nitrogens with zero attached hydrogens (tertiary/aromatic N) is 3. The highest BCUT2D eigenvalue weighted by Crippen LogP contribution is 2.33. The Hall–Kier alpha value is -2.75. The average molecular weight is 467 g/mol. The molecular formula is C24H30N6O2S. The van der Waals surface area contributed by atoms with Crippen LogP contribution < -0.4 is 21.7 Å². The third-order valence-corrected chi connectivity index (χ3v) is 7.86. The second kappa shape index (κ2) is 8.89. The monoisotopic (exact) mass is 466 g/mol. The fraction of sp³-hybridized carbons (Fsp3) is 0.458. The summed E-state index contributed by atoms with van der Waals surface area (Å²) in [6.45, 7) is 3.57. The first kappa shape index (κ1) is 22.1. The lowest BCUT2D eigenvalue weighted by Gasteiger charge is -2.37. The molecule has 1 amide bonds. The summed E-state index contributed by atoms with van der Waals surface area (Å²) >= 11 is 1.35. The maximum absolute atomic E-state index is 13.0. The number of ether oxygens (including phenoxy) is 1. The van der Waals surface area contributed by atoms with Crippen molar-refractivity contribution in [2.45, 2.75) is 50.8 Å². The number of amides is 1. The van der Waals surface area contributed by atoms with Crippen molar-refractivity contribution in [1.29, 1.82) is 0 Å². The standard InChI is InChI=1S/C24H30N6O2S/c1-13-3-6-16-21(26)22(33-24(16)27-13)23(31)28-15-5-7-18-14(11-15)4-8-20(29-18)30-10-9-19(32-2)17(25)12-30/h3-4,6,8,15,17,19H,5,7,9-12,25-26H2,1-2H3,(H,28,31)/t15-,17-,19-/m0/s1. The number of hydrogen-bond acceptors (Lipinski definition) is 8. The van der Waals surface area contributed by atoms with Crippen LogP contribution in [-0.2, 0) is 17.6 Å². The molecule has 5 N–H and O–H groups in total. The van der Waals surface area contributed by atoms with Crippen molar-refractivity contribution in [2.24, 2.45) is 5.73 Å². The topological polar surface area (TPSA) is 119 Å². The number of carbonyl (C=O) groups excluding carboxylic acids is 1. The van der Waals surface area contributed by atoms with E-state index in [1.54, 1.807) is 7.11 Å². The molecule has 5 rings (SSSR count). The lowest BCUT2D eigenvalue weighted by atomic mass is 9.91. The van der Waals surface area contributed by atoms with Gasteiger partial charge in [-0.25, -0.2) is 9.97 Å². The van der Waals surface area contributed by atoms with Crippen molar-refractivity contribution in [1.82, 2.24) is 15.3 Å². The maximum Gasteiger partial charge on any atom is 0.263 e. The number of hydrogen-bond donors (Lipinski definition) is 3. The van der Waals surface area contributed by atoms with E-state index in [1.807, 2.05) is 19.1 Å². The summed E-state index contributed by atoms with van der Waals surface area (Å²) in [6.07, 6.45) is 3.46. The largest absolute Gasteiger partial charge is 0.397 e. The molecule has 0 unspecified atom stereocenters. The van der Waals surface area contributed by atoms with Crippen LogP contribution in [0.3, 0.4) is 0 Å². The number of pyridine rings is 2. The molecule has 8 nitrogen and oxygen atoms in total. The fourth-order valence-electron chi connectivity index (χ4n) is 4.87. The first-order valence-corrected chi connectivity index (χ1v) is 12.2. The van der Waals surface area contributed by atoms with E-state index in [-0.39, 0.29) is 24.1 Å². The van der Waals surface area contributed by atoms with Gasteiger partial charge in [-0.05, 0) is 56.4 Å². The maximum atomic E-state index is 13.0. The van der Waals surface area contributed by atoms with E-state index in [9.17, 15) is 4.79 Å². The highest BCUT2D eigenvalue weighted by molar-refractivity contribution is 7.21. The molecule has 0 bridgehead atoms. The number of nitrogens with one attached hydrogen (secondary N) is 1. The molecule has 3 aromatic rings. The molecule has 0 spiro atoms. The summed E-state index contributed by atoms with van der Waals surface area (Å²) in [5.41, 5.74) is 16.3. The summed E-state index contributed by atoms with van der Waals surface area (Å²) in [5, 5.41) is 4.03. The van der Waals surface area contributed by atoms with Crippen molar-refractivity contribution in [3.8, 4) is 0 Å². The minimum Gasteiger partial charge on any atom is -0.397 e. The molecule has 1 saturated heterocycles. The molecule has 4 heterocycles. The van der Waals surface area contributed by atoms with Crippen LogP contribution in [0.4, 0.5) is 11.5 Å². The van der Waals surface area contributed by atoms with Crippen LogP contribution in [0.15, 0.2) is 24.3 Å². The van der Waals surface area contributed by atoms with Gasteiger partial charge in [0.2, 0.25) is 0 Å². The molecule has 0 saturated carbocycles. The predicted octanol–water partition coefficient (Wildman–Crippen LogP) is 2.42. The van der Waals surface area contributed by atoms with Crippen molar-refractivity contribution in [2.75, 3.05) is 30.8 Å². The van der Waals surface area contributed by atoms with E-state index >= 15 is 0 Å². The van der Waals surface area contributed by atoms with Crippen molar-refractivity contribution >= 4 is 39.0 Å². The lowest BCUT2D eigenvalue weighted by molar-refractivity contribution is 0.0663. The van der Waals surface area contributed by atoms with E-state index in [4.69, 9.17) is 21.2 Å². The zero-order chi connectivity index (χ0) is 23.1. The molecule has 0 aromatic carbocycles. The Morgan fingerprint density at radius 3 is 2.88 bits per heavy atom. The zero-order valence-corrected chi connectivity index (χ0v) is 19.8. The SMILES string of the molecule is CO[C@H]1CCN(c2ccc3c(n2)CC[C@H](NC(=O)c2sc4nc(C)ccc4c2N)C3)C[C@@H]1N. The molecule has 174 valence electrons. The van der Waals surface area contributed by atoms with Gasteiger partial charge in [0.05, 0.1) is 11.8 Å². The summed E-state index contributed by atoms with van der Waals surface area (Å²) in [6, 6.07) is 8.11. The lowest BCUT2D eigenvalue weighted by Crippen LogP contribution is -2.52.